The highest BCUT2D eigenvalue weighted by molar-refractivity contribution is 5.48. The van der Waals surface area contributed by atoms with Crippen LogP contribution in [0.15, 0.2) is 30.5 Å². The molecule has 1 aromatic carbocycles. The predicted octanol–water partition coefficient (Wildman–Crippen LogP) is 3.01. The van der Waals surface area contributed by atoms with E-state index in [-0.39, 0.29) is 0 Å². The van der Waals surface area contributed by atoms with Crippen molar-refractivity contribution >= 4 is 5.69 Å². The summed E-state index contributed by atoms with van der Waals surface area (Å²) in [5, 5.41) is 18.7. The second-order valence-electron chi connectivity index (χ2n) is 4.51. The number of hydrogen-bond donors (Lipinski definition) is 2. The molecule has 1 aromatic heterocycles. The fourth-order valence-electron chi connectivity index (χ4n) is 1.79. The summed E-state index contributed by atoms with van der Waals surface area (Å²) < 4.78 is 5.60. The van der Waals surface area contributed by atoms with E-state index in [1.165, 1.54) is 0 Å². The predicted molar refractivity (Wildman–Crippen MR) is 77.4 cm³/mol. The first-order valence-corrected chi connectivity index (χ1v) is 6.62. The van der Waals surface area contributed by atoms with E-state index in [4.69, 9.17) is 10.00 Å². The first-order valence-electron chi connectivity index (χ1n) is 6.62. The lowest BCUT2D eigenvalue weighted by Crippen LogP contribution is -2.01. The lowest BCUT2D eigenvalue weighted by atomic mass is 10.2. The molecular formula is C15H18N4O. The molecule has 0 aliphatic rings. The molecule has 0 radical (unpaired) electrons. The third-order valence-electron chi connectivity index (χ3n) is 2.95. The number of rotatable bonds is 7. The van der Waals surface area contributed by atoms with Gasteiger partial charge in [-0.05, 0) is 25.5 Å². The molecule has 0 fully saturated rings. The van der Waals surface area contributed by atoms with Gasteiger partial charge in [0.2, 0.25) is 0 Å². The van der Waals surface area contributed by atoms with E-state index in [0.717, 1.165) is 35.7 Å². The summed E-state index contributed by atoms with van der Waals surface area (Å²) in [4.78, 5) is 0. The van der Waals surface area contributed by atoms with Crippen molar-refractivity contribution < 1.29 is 4.74 Å². The van der Waals surface area contributed by atoms with Gasteiger partial charge in [-0.1, -0.05) is 6.07 Å². The maximum atomic E-state index is 8.47. The second-order valence-corrected chi connectivity index (χ2v) is 4.51. The van der Waals surface area contributed by atoms with Crippen LogP contribution < -0.4 is 10.1 Å². The monoisotopic (exact) mass is 270 g/mol. The number of nitrogens with zero attached hydrogens (tertiary/aromatic N) is 2. The van der Waals surface area contributed by atoms with Gasteiger partial charge in [0.05, 0.1) is 18.9 Å². The molecule has 5 heteroatoms. The van der Waals surface area contributed by atoms with Crippen LogP contribution in [-0.4, -0.2) is 16.8 Å². The summed E-state index contributed by atoms with van der Waals surface area (Å²) in [5.74, 6) is 0.817. The number of aryl methyl sites for hydroxylation is 1. The molecule has 1 heterocycles. The fraction of sp³-hybridized carbons (Fsp3) is 0.333. The first-order chi connectivity index (χ1) is 9.79. The number of hydrogen-bond acceptors (Lipinski definition) is 4. The molecule has 0 amide bonds. The number of ether oxygens (including phenoxy) is 1. The van der Waals surface area contributed by atoms with Crippen molar-refractivity contribution in [2.45, 2.75) is 26.3 Å². The number of benzene rings is 1. The van der Waals surface area contributed by atoms with E-state index in [9.17, 15) is 0 Å². The van der Waals surface area contributed by atoms with Crippen LogP contribution in [0.4, 0.5) is 5.69 Å². The smallest absolute Gasteiger partial charge is 0.121 e. The Morgan fingerprint density at radius 2 is 2.35 bits per heavy atom. The largest absolute Gasteiger partial charge is 0.493 e. The Morgan fingerprint density at radius 3 is 3.10 bits per heavy atom. The van der Waals surface area contributed by atoms with Crippen molar-refractivity contribution in [1.82, 2.24) is 10.2 Å². The van der Waals surface area contributed by atoms with E-state index in [1.54, 1.807) is 0 Å². The average molecular weight is 270 g/mol. The molecule has 104 valence electrons. The van der Waals surface area contributed by atoms with Gasteiger partial charge >= 0.3 is 0 Å². The maximum absolute atomic E-state index is 8.47. The van der Waals surface area contributed by atoms with E-state index in [0.29, 0.717) is 13.0 Å². The SMILES string of the molecule is Cc1[nH]ncc1CNc1cccc(OCCCC#N)c1. The number of aromatic amines is 1. The summed E-state index contributed by atoms with van der Waals surface area (Å²) in [5.41, 5.74) is 3.22. The molecule has 0 aliphatic heterocycles. The minimum absolute atomic E-state index is 0.526. The van der Waals surface area contributed by atoms with Crippen LogP contribution >= 0.6 is 0 Å². The summed E-state index contributed by atoms with van der Waals surface area (Å²) >= 11 is 0. The van der Waals surface area contributed by atoms with E-state index in [2.05, 4.69) is 21.6 Å². The van der Waals surface area contributed by atoms with Gasteiger partial charge in [-0.25, -0.2) is 0 Å². The third kappa shape index (κ3) is 4.02. The summed E-state index contributed by atoms with van der Waals surface area (Å²) in [7, 11) is 0. The molecule has 0 unspecified atom stereocenters. The van der Waals surface area contributed by atoms with Crippen LogP contribution in [0, 0.1) is 18.3 Å². The summed E-state index contributed by atoms with van der Waals surface area (Å²) in [6.07, 6.45) is 3.10. The summed E-state index contributed by atoms with van der Waals surface area (Å²) in [6, 6.07) is 9.93. The van der Waals surface area contributed by atoms with Gasteiger partial charge in [0.1, 0.15) is 5.75 Å². The zero-order valence-corrected chi connectivity index (χ0v) is 11.5. The first kappa shape index (κ1) is 13.9. The number of unbranched alkanes of at least 4 members (excludes halogenated alkanes) is 1. The molecular weight excluding hydrogens is 252 g/mol. The average Bonchev–Trinajstić information content (AvgIpc) is 2.87. The Morgan fingerprint density at radius 1 is 1.45 bits per heavy atom. The van der Waals surface area contributed by atoms with Crippen molar-refractivity contribution in [3.63, 3.8) is 0 Å². The maximum Gasteiger partial charge on any atom is 0.121 e. The second kappa shape index (κ2) is 7.19. The molecule has 2 aromatic rings. The van der Waals surface area contributed by atoms with Gasteiger partial charge in [0.25, 0.3) is 0 Å². The Labute approximate surface area is 118 Å². The lowest BCUT2D eigenvalue weighted by Gasteiger charge is -2.09. The van der Waals surface area contributed by atoms with Crippen molar-refractivity contribution in [1.29, 1.82) is 5.26 Å². The van der Waals surface area contributed by atoms with Gasteiger partial charge in [0.15, 0.2) is 0 Å². The van der Waals surface area contributed by atoms with E-state index in [1.807, 2.05) is 37.4 Å². The van der Waals surface area contributed by atoms with Gasteiger partial charge in [0, 0.05) is 36.0 Å². The van der Waals surface area contributed by atoms with Gasteiger partial charge in [-0.15, -0.1) is 0 Å². The number of nitriles is 1. The highest BCUT2D eigenvalue weighted by Crippen LogP contribution is 2.18. The number of H-pyrrole nitrogens is 1. The number of nitrogens with one attached hydrogen (secondary N) is 2. The topological polar surface area (TPSA) is 73.7 Å². The Balaban J connectivity index is 1.86. The van der Waals surface area contributed by atoms with Crippen LogP contribution in [0.3, 0.4) is 0 Å². The van der Waals surface area contributed by atoms with Gasteiger partial charge < -0.3 is 10.1 Å². The highest BCUT2D eigenvalue weighted by atomic mass is 16.5. The van der Waals surface area contributed by atoms with Crippen molar-refractivity contribution in [2.75, 3.05) is 11.9 Å². The molecule has 0 saturated heterocycles. The quantitative estimate of drug-likeness (QED) is 0.758. The highest BCUT2D eigenvalue weighted by Gasteiger charge is 2.01. The van der Waals surface area contributed by atoms with Gasteiger partial charge in [-0.3, -0.25) is 5.10 Å². The fourth-order valence-corrected chi connectivity index (χ4v) is 1.79. The molecule has 0 atom stereocenters. The Hall–Kier alpha value is -2.48. The van der Waals surface area contributed by atoms with Crippen LogP contribution in [0.5, 0.6) is 5.75 Å². The third-order valence-corrected chi connectivity index (χ3v) is 2.95. The molecule has 20 heavy (non-hydrogen) atoms. The van der Waals surface area contributed by atoms with E-state index < -0.39 is 0 Å². The van der Waals surface area contributed by atoms with Crippen LogP contribution in [0.2, 0.25) is 0 Å². The molecule has 0 spiro atoms. The van der Waals surface area contributed by atoms with Crippen LogP contribution in [0.25, 0.3) is 0 Å². The van der Waals surface area contributed by atoms with Crippen LogP contribution in [0.1, 0.15) is 24.1 Å². The Kier molecular flexibility index (Phi) is 5.01. The van der Waals surface area contributed by atoms with Crippen LogP contribution in [-0.2, 0) is 6.54 Å². The lowest BCUT2D eigenvalue weighted by molar-refractivity contribution is 0.313. The zero-order chi connectivity index (χ0) is 14.2. The number of anilines is 1. The molecule has 2 N–H and O–H groups in total. The minimum atomic E-state index is 0.526. The van der Waals surface area contributed by atoms with Crippen molar-refractivity contribution in [3.05, 3.63) is 41.7 Å². The molecule has 2 rings (SSSR count). The normalized spacial score (nSPS) is 10.0. The van der Waals surface area contributed by atoms with E-state index >= 15 is 0 Å². The zero-order valence-electron chi connectivity index (χ0n) is 11.5. The molecule has 0 saturated carbocycles. The Bertz CT molecular complexity index is 586. The number of aromatic nitrogens is 2. The van der Waals surface area contributed by atoms with Crippen molar-refractivity contribution in [2.24, 2.45) is 0 Å². The molecule has 5 nitrogen and oxygen atoms in total. The van der Waals surface area contributed by atoms with Gasteiger partial charge in [-0.2, -0.15) is 10.4 Å². The summed E-state index contributed by atoms with van der Waals surface area (Å²) in [6.45, 7) is 3.29. The molecule has 0 aliphatic carbocycles. The minimum Gasteiger partial charge on any atom is -0.493 e. The standard InChI is InChI=1S/C15H18N4O/c1-12-13(11-18-19-12)10-17-14-5-4-6-15(9-14)20-8-3-2-7-16/h4-6,9,11,17H,2-3,8,10H2,1H3,(H,18,19). The molecule has 0 bridgehead atoms. The van der Waals surface area contributed by atoms with Crippen molar-refractivity contribution in [3.8, 4) is 11.8 Å².